The smallest absolute Gasteiger partial charge is 0.326 e. The third-order valence-corrected chi connectivity index (χ3v) is 3.54. The second-order valence-corrected chi connectivity index (χ2v) is 6.04. The molecule has 1 rings (SSSR count). The van der Waals surface area contributed by atoms with Crippen molar-refractivity contribution >= 4 is 17.8 Å². The summed E-state index contributed by atoms with van der Waals surface area (Å²) in [6.07, 6.45) is 6.66. The maximum atomic E-state index is 11.6. The number of hydrogen-bond donors (Lipinski definition) is 0. The molecule has 1 heterocycles. The fourth-order valence-electron chi connectivity index (χ4n) is 2.15. The topological polar surface area (TPSA) is 63.7 Å². The number of carbonyl (C=O) groups excluding carboxylic acids is 3. The Morgan fingerprint density at radius 2 is 1.71 bits per heavy atom. The number of ether oxygens (including phenoxy) is 1. The van der Waals surface area contributed by atoms with Crippen LogP contribution in [0.15, 0.2) is 12.2 Å². The summed E-state index contributed by atoms with van der Waals surface area (Å²) < 4.78 is 5.09. The molecule has 0 aromatic rings. The predicted octanol–water partition coefficient (Wildman–Crippen LogP) is 2.31. The number of hydrogen-bond acceptors (Lipinski definition) is 4. The molecule has 1 unspecified atom stereocenters. The van der Waals surface area contributed by atoms with Gasteiger partial charge in [0.2, 0.25) is 0 Å². The summed E-state index contributed by atoms with van der Waals surface area (Å²) in [6.45, 7) is 6.60. The zero-order valence-corrected chi connectivity index (χ0v) is 13.1. The van der Waals surface area contributed by atoms with Crippen LogP contribution in [0.4, 0.5) is 0 Å². The summed E-state index contributed by atoms with van der Waals surface area (Å²) in [5.41, 5.74) is 0. The quantitative estimate of drug-likeness (QED) is 0.483. The molecule has 21 heavy (non-hydrogen) atoms. The average Bonchev–Trinajstić information content (AvgIpc) is 2.70. The van der Waals surface area contributed by atoms with E-state index in [2.05, 4.69) is 20.8 Å². The lowest BCUT2D eigenvalue weighted by atomic mass is 9.98. The maximum Gasteiger partial charge on any atom is 0.326 e. The van der Waals surface area contributed by atoms with Crippen LogP contribution in [-0.4, -0.2) is 35.8 Å². The maximum absolute atomic E-state index is 11.6. The van der Waals surface area contributed by atoms with Crippen molar-refractivity contribution in [1.29, 1.82) is 0 Å². The fraction of sp³-hybridized carbons (Fsp3) is 0.688. The number of nitrogens with zero attached hydrogens (tertiary/aromatic N) is 1. The molecule has 0 bridgehead atoms. The summed E-state index contributed by atoms with van der Waals surface area (Å²) in [4.78, 5) is 35.0. The van der Waals surface area contributed by atoms with Gasteiger partial charge >= 0.3 is 5.97 Å². The normalized spacial score (nSPS) is 15.9. The van der Waals surface area contributed by atoms with E-state index in [1.54, 1.807) is 0 Å². The van der Waals surface area contributed by atoms with Gasteiger partial charge in [-0.15, -0.1) is 0 Å². The second-order valence-electron chi connectivity index (χ2n) is 6.04. The van der Waals surface area contributed by atoms with E-state index < -0.39 is 17.8 Å². The zero-order valence-electron chi connectivity index (χ0n) is 13.1. The molecule has 2 amide bonds. The van der Waals surface area contributed by atoms with Crippen LogP contribution in [0.1, 0.15) is 46.5 Å². The summed E-state index contributed by atoms with van der Waals surface area (Å²) in [5.74, 6) is -0.222. The summed E-state index contributed by atoms with van der Waals surface area (Å²) in [5, 5.41) is 0. The molecule has 0 N–H and O–H groups in total. The van der Waals surface area contributed by atoms with Crippen molar-refractivity contribution in [3.8, 4) is 0 Å². The average molecular weight is 295 g/mol. The van der Waals surface area contributed by atoms with E-state index in [0.29, 0.717) is 12.5 Å². The van der Waals surface area contributed by atoms with Crippen LogP contribution in [0.25, 0.3) is 0 Å². The number of carbonyl (C=O) groups is 3. The molecule has 1 aliphatic heterocycles. The minimum Gasteiger partial charge on any atom is -0.464 e. The van der Waals surface area contributed by atoms with Gasteiger partial charge in [0.05, 0.1) is 6.61 Å². The summed E-state index contributed by atoms with van der Waals surface area (Å²) >= 11 is 0. The van der Waals surface area contributed by atoms with Gasteiger partial charge in [0, 0.05) is 12.2 Å². The van der Waals surface area contributed by atoms with Gasteiger partial charge in [-0.2, -0.15) is 0 Å². The van der Waals surface area contributed by atoms with Crippen LogP contribution in [0, 0.1) is 11.8 Å². The highest BCUT2D eigenvalue weighted by molar-refractivity contribution is 6.14. The highest BCUT2D eigenvalue weighted by atomic mass is 16.5. The van der Waals surface area contributed by atoms with Crippen LogP contribution in [-0.2, 0) is 19.1 Å². The van der Waals surface area contributed by atoms with E-state index in [1.807, 2.05) is 0 Å². The van der Waals surface area contributed by atoms with Gasteiger partial charge in [0.15, 0.2) is 0 Å². The molecule has 0 aliphatic carbocycles. The van der Waals surface area contributed by atoms with Crippen molar-refractivity contribution in [2.75, 3.05) is 13.2 Å². The van der Waals surface area contributed by atoms with Crippen molar-refractivity contribution in [3.63, 3.8) is 0 Å². The first kappa shape index (κ1) is 17.4. The first-order valence-corrected chi connectivity index (χ1v) is 7.59. The Morgan fingerprint density at radius 1 is 1.10 bits per heavy atom. The standard InChI is InChI=1S/C16H25NO4/c1-12(2)5-4-6-13(3)9-10-21-16(20)11-17-14(18)7-8-15(17)19/h7-8,12-13H,4-6,9-11H2,1-3H3. The number of imide groups is 1. The minimum atomic E-state index is -0.533. The molecule has 0 fully saturated rings. The van der Waals surface area contributed by atoms with Crippen molar-refractivity contribution in [3.05, 3.63) is 12.2 Å². The fourth-order valence-corrected chi connectivity index (χ4v) is 2.15. The molecule has 1 atom stereocenters. The van der Waals surface area contributed by atoms with E-state index in [1.165, 1.54) is 12.8 Å². The van der Waals surface area contributed by atoms with E-state index in [9.17, 15) is 14.4 Å². The van der Waals surface area contributed by atoms with Crippen LogP contribution in [0.5, 0.6) is 0 Å². The second kappa shape index (κ2) is 8.60. The summed E-state index contributed by atoms with van der Waals surface area (Å²) in [7, 11) is 0. The number of rotatable bonds is 9. The van der Waals surface area contributed by atoms with E-state index in [-0.39, 0.29) is 6.54 Å². The Hall–Kier alpha value is -1.65. The van der Waals surface area contributed by atoms with Gasteiger partial charge < -0.3 is 4.74 Å². The molecule has 0 saturated carbocycles. The van der Waals surface area contributed by atoms with Gasteiger partial charge in [-0.3, -0.25) is 19.3 Å². The van der Waals surface area contributed by atoms with Gasteiger partial charge in [-0.1, -0.05) is 40.0 Å². The Balaban J connectivity index is 2.13. The molecule has 118 valence electrons. The molecule has 0 aromatic carbocycles. The number of amides is 2. The minimum absolute atomic E-state index is 0.299. The Labute approximate surface area is 126 Å². The molecular weight excluding hydrogens is 270 g/mol. The van der Waals surface area contributed by atoms with Crippen LogP contribution in [0.3, 0.4) is 0 Å². The Bertz CT molecular complexity index is 397. The van der Waals surface area contributed by atoms with Crippen LogP contribution >= 0.6 is 0 Å². The van der Waals surface area contributed by atoms with E-state index in [0.717, 1.165) is 35.8 Å². The zero-order chi connectivity index (χ0) is 15.8. The van der Waals surface area contributed by atoms with Gasteiger partial charge in [-0.05, 0) is 18.3 Å². The molecule has 5 heteroatoms. The monoisotopic (exact) mass is 295 g/mol. The third kappa shape index (κ3) is 6.56. The first-order chi connectivity index (χ1) is 9.90. The highest BCUT2D eigenvalue weighted by Crippen LogP contribution is 2.15. The van der Waals surface area contributed by atoms with Gasteiger partial charge in [0.1, 0.15) is 6.54 Å². The lowest BCUT2D eigenvalue weighted by Gasteiger charge is -2.15. The third-order valence-electron chi connectivity index (χ3n) is 3.54. The summed E-state index contributed by atoms with van der Waals surface area (Å²) in [6, 6.07) is 0. The van der Waals surface area contributed by atoms with Crippen molar-refractivity contribution < 1.29 is 19.1 Å². The SMILES string of the molecule is CC(C)CCCC(C)CCOC(=O)CN1C(=O)C=CC1=O. The molecule has 1 aliphatic rings. The van der Waals surface area contributed by atoms with Crippen molar-refractivity contribution in [1.82, 2.24) is 4.90 Å². The van der Waals surface area contributed by atoms with E-state index in [4.69, 9.17) is 4.74 Å². The van der Waals surface area contributed by atoms with E-state index >= 15 is 0 Å². The Kier molecular flexibility index (Phi) is 7.12. The predicted molar refractivity (Wildman–Crippen MR) is 79.3 cm³/mol. The molecule has 0 spiro atoms. The van der Waals surface area contributed by atoms with Crippen molar-refractivity contribution in [2.45, 2.75) is 46.5 Å². The largest absolute Gasteiger partial charge is 0.464 e. The molecule has 0 aromatic heterocycles. The lowest BCUT2D eigenvalue weighted by Crippen LogP contribution is -2.36. The van der Waals surface area contributed by atoms with Crippen LogP contribution in [0.2, 0.25) is 0 Å². The first-order valence-electron chi connectivity index (χ1n) is 7.59. The van der Waals surface area contributed by atoms with Gasteiger partial charge in [-0.25, -0.2) is 0 Å². The molecule has 0 saturated heterocycles. The highest BCUT2D eigenvalue weighted by Gasteiger charge is 2.26. The lowest BCUT2D eigenvalue weighted by molar-refractivity contribution is -0.151. The molecular formula is C16H25NO4. The number of esters is 1. The van der Waals surface area contributed by atoms with Crippen LogP contribution < -0.4 is 0 Å². The van der Waals surface area contributed by atoms with Gasteiger partial charge in [0.25, 0.3) is 11.8 Å². The molecule has 5 nitrogen and oxygen atoms in total. The Morgan fingerprint density at radius 3 is 2.29 bits per heavy atom. The van der Waals surface area contributed by atoms with Crippen molar-refractivity contribution in [2.24, 2.45) is 11.8 Å². The molecule has 0 radical (unpaired) electrons.